The van der Waals surface area contributed by atoms with Crippen LogP contribution >= 0.6 is 12.4 Å². The quantitative estimate of drug-likeness (QED) is 0.645. The molecule has 0 spiro atoms. The van der Waals surface area contributed by atoms with E-state index in [9.17, 15) is 14.7 Å². The van der Waals surface area contributed by atoms with Gasteiger partial charge in [0.05, 0.1) is 0 Å². The van der Waals surface area contributed by atoms with Crippen LogP contribution < -0.4 is 5.73 Å². The molecule has 1 aliphatic heterocycles. The van der Waals surface area contributed by atoms with Gasteiger partial charge in [0.25, 0.3) is 0 Å². The second-order valence-corrected chi connectivity index (χ2v) is 6.12. The lowest BCUT2D eigenvalue weighted by molar-refractivity contribution is -0.170. The maximum absolute atomic E-state index is 12.4. The van der Waals surface area contributed by atoms with Gasteiger partial charge in [-0.1, -0.05) is 12.1 Å². The van der Waals surface area contributed by atoms with Gasteiger partial charge in [-0.2, -0.15) is 0 Å². The standard InChI is InChI=1S/C15H20N2O4.ClH/c1-15(2,3)21-14(20)12(17-8-11(16)13(17)19)9-4-6-10(18)7-5-9;/h4-7,11-12,18H,8,16H2,1-3H3;1H/t11-,12+;/m0./s1. The van der Waals surface area contributed by atoms with Crippen LogP contribution in [0.15, 0.2) is 24.3 Å². The van der Waals surface area contributed by atoms with Crippen molar-refractivity contribution in [3.8, 4) is 5.75 Å². The fourth-order valence-corrected chi connectivity index (χ4v) is 2.17. The average molecular weight is 329 g/mol. The van der Waals surface area contributed by atoms with E-state index in [0.29, 0.717) is 12.1 Å². The number of esters is 1. The Morgan fingerprint density at radius 3 is 2.32 bits per heavy atom. The highest BCUT2D eigenvalue weighted by Gasteiger charge is 2.43. The van der Waals surface area contributed by atoms with Crippen LogP contribution in [0.1, 0.15) is 32.4 Å². The SMILES string of the molecule is CC(C)(C)OC(=O)[C@@H](c1ccc(O)cc1)N1C[C@H](N)C1=O.Cl. The van der Waals surface area contributed by atoms with Gasteiger partial charge in [0.15, 0.2) is 6.04 Å². The summed E-state index contributed by atoms with van der Waals surface area (Å²) in [6, 6.07) is 4.74. The van der Waals surface area contributed by atoms with Gasteiger partial charge in [0, 0.05) is 6.54 Å². The van der Waals surface area contributed by atoms with Crippen molar-refractivity contribution in [2.45, 2.75) is 38.5 Å². The van der Waals surface area contributed by atoms with Crippen molar-refractivity contribution >= 4 is 24.3 Å². The number of amides is 1. The fraction of sp³-hybridized carbons (Fsp3) is 0.467. The van der Waals surface area contributed by atoms with Crippen LogP contribution in [0.3, 0.4) is 0 Å². The molecule has 7 heteroatoms. The van der Waals surface area contributed by atoms with Crippen LogP contribution in [0.5, 0.6) is 5.75 Å². The highest BCUT2D eigenvalue weighted by molar-refractivity contribution is 5.93. The van der Waals surface area contributed by atoms with Crippen molar-refractivity contribution in [3.05, 3.63) is 29.8 Å². The molecule has 0 saturated carbocycles. The van der Waals surface area contributed by atoms with Crippen LogP contribution in [0, 0.1) is 0 Å². The number of aromatic hydroxyl groups is 1. The summed E-state index contributed by atoms with van der Waals surface area (Å²) in [5.41, 5.74) is 5.53. The van der Waals surface area contributed by atoms with Crippen LogP contribution in [0.25, 0.3) is 0 Å². The fourth-order valence-electron chi connectivity index (χ4n) is 2.17. The third-order valence-electron chi connectivity index (χ3n) is 3.14. The maximum Gasteiger partial charge on any atom is 0.334 e. The minimum atomic E-state index is -0.836. The predicted octanol–water partition coefficient (Wildman–Crippen LogP) is 1.37. The number of rotatable bonds is 3. The first kappa shape index (κ1) is 18.3. The largest absolute Gasteiger partial charge is 0.508 e. The molecule has 0 aromatic heterocycles. The number of likely N-dealkylation sites (tertiary alicyclic amines) is 1. The highest BCUT2D eigenvalue weighted by Crippen LogP contribution is 2.30. The van der Waals surface area contributed by atoms with E-state index in [4.69, 9.17) is 10.5 Å². The number of hydrogen-bond donors (Lipinski definition) is 2. The van der Waals surface area contributed by atoms with Gasteiger partial charge in [-0.05, 0) is 38.5 Å². The zero-order valence-electron chi connectivity index (χ0n) is 12.8. The van der Waals surface area contributed by atoms with Gasteiger partial charge in [-0.3, -0.25) is 4.79 Å². The van der Waals surface area contributed by atoms with Crippen LogP contribution in [-0.2, 0) is 14.3 Å². The van der Waals surface area contributed by atoms with E-state index in [1.807, 2.05) is 0 Å². The summed E-state index contributed by atoms with van der Waals surface area (Å²) in [6.45, 7) is 5.61. The van der Waals surface area contributed by atoms with Crippen molar-refractivity contribution in [2.24, 2.45) is 5.73 Å². The Labute approximate surface area is 135 Å². The summed E-state index contributed by atoms with van der Waals surface area (Å²) < 4.78 is 5.39. The zero-order valence-corrected chi connectivity index (χ0v) is 13.6. The van der Waals surface area contributed by atoms with Crippen molar-refractivity contribution in [1.29, 1.82) is 0 Å². The van der Waals surface area contributed by atoms with Crippen LogP contribution in [-0.4, -0.2) is 40.1 Å². The maximum atomic E-state index is 12.4. The topological polar surface area (TPSA) is 92.9 Å². The molecule has 0 aliphatic carbocycles. The Balaban J connectivity index is 0.00000242. The van der Waals surface area contributed by atoms with E-state index in [-0.39, 0.29) is 24.1 Å². The van der Waals surface area contributed by atoms with Gasteiger partial charge in [0.1, 0.15) is 17.4 Å². The molecule has 0 radical (unpaired) electrons. The molecule has 1 aromatic rings. The highest BCUT2D eigenvalue weighted by atomic mass is 35.5. The Kier molecular flexibility index (Phi) is 5.43. The molecule has 0 bridgehead atoms. The molecular weight excluding hydrogens is 308 g/mol. The van der Waals surface area contributed by atoms with Gasteiger partial charge >= 0.3 is 5.97 Å². The Hall–Kier alpha value is -1.79. The summed E-state index contributed by atoms with van der Waals surface area (Å²) in [5.74, 6) is -0.694. The molecule has 2 atom stereocenters. The van der Waals surface area contributed by atoms with E-state index < -0.39 is 23.7 Å². The van der Waals surface area contributed by atoms with Crippen molar-refractivity contribution in [1.82, 2.24) is 4.90 Å². The Morgan fingerprint density at radius 2 is 1.91 bits per heavy atom. The number of nitrogens with two attached hydrogens (primary N) is 1. The second kappa shape index (κ2) is 6.54. The number of halogens is 1. The number of carbonyl (C=O) groups excluding carboxylic acids is 2. The molecule has 6 nitrogen and oxygen atoms in total. The van der Waals surface area contributed by atoms with Crippen molar-refractivity contribution in [2.75, 3.05) is 6.54 Å². The summed E-state index contributed by atoms with van der Waals surface area (Å²) >= 11 is 0. The van der Waals surface area contributed by atoms with Gasteiger partial charge in [0.2, 0.25) is 5.91 Å². The molecule has 1 saturated heterocycles. The molecule has 3 N–H and O–H groups in total. The number of carbonyl (C=O) groups is 2. The lowest BCUT2D eigenvalue weighted by Gasteiger charge is -2.41. The number of phenols is 1. The van der Waals surface area contributed by atoms with Gasteiger partial charge < -0.3 is 20.5 Å². The number of hydrogen-bond acceptors (Lipinski definition) is 5. The molecule has 1 heterocycles. The van der Waals surface area contributed by atoms with E-state index in [0.717, 1.165) is 0 Å². The van der Waals surface area contributed by atoms with Crippen LogP contribution in [0.4, 0.5) is 0 Å². The third kappa shape index (κ3) is 3.90. The number of nitrogens with zero attached hydrogens (tertiary/aromatic N) is 1. The van der Waals surface area contributed by atoms with Crippen molar-refractivity contribution in [3.63, 3.8) is 0 Å². The molecule has 2 rings (SSSR count). The summed E-state index contributed by atoms with van der Waals surface area (Å²) in [7, 11) is 0. The predicted molar refractivity (Wildman–Crippen MR) is 83.6 cm³/mol. The molecule has 1 fully saturated rings. The molecular formula is C15H21ClN2O4. The number of benzene rings is 1. The Morgan fingerprint density at radius 1 is 1.36 bits per heavy atom. The molecule has 0 unspecified atom stereocenters. The second-order valence-electron chi connectivity index (χ2n) is 6.12. The van der Waals surface area contributed by atoms with E-state index in [1.54, 1.807) is 32.9 Å². The Bertz CT molecular complexity index is 554. The molecule has 1 aromatic carbocycles. The number of phenolic OH excluding ortho intramolecular Hbond substituents is 1. The average Bonchev–Trinajstić information content (AvgIpc) is 2.38. The lowest BCUT2D eigenvalue weighted by Crippen LogP contribution is -2.63. The summed E-state index contributed by atoms with van der Waals surface area (Å²) in [5, 5.41) is 9.35. The normalized spacial score (nSPS) is 19.0. The smallest absolute Gasteiger partial charge is 0.334 e. The first-order valence-electron chi connectivity index (χ1n) is 6.77. The van der Waals surface area contributed by atoms with E-state index >= 15 is 0 Å². The first-order valence-corrected chi connectivity index (χ1v) is 6.77. The third-order valence-corrected chi connectivity index (χ3v) is 3.14. The zero-order chi connectivity index (χ0) is 15.8. The van der Waals surface area contributed by atoms with E-state index in [1.165, 1.54) is 17.0 Å². The summed E-state index contributed by atoms with van der Waals surface area (Å²) in [6.07, 6.45) is 0. The van der Waals surface area contributed by atoms with Gasteiger partial charge in [-0.15, -0.1) is 12.4 Å². The van der Waals surface area contributed by atoms with Crippen LogP contribution in [0.2, 0.25) is 0 Å². The molecule has 1 amide bonds. The number of ether oxygens (including phenoxy) is 1. The lowest BCUT2D eigenvalue weighted by atomic mass is 9.98. The first-order chi connectivity index (χ1) is 9.69. The number of β-lactam (4-membered cyclic amide) rings is 1. The molecule has 122 valence electrons. The van der Waals surface area contributed by atoms with Crippen molar-refractivity contribution < 1.29 is 19.4 Å². The van der Waals surface area contributed by atoms with E-state index in [2.05, 4.69) is 0 Å². The monoisotopic (exact) mass is 328 g/mol. The minimum absolute atomic E-state index is 0. The minimum Gasteiger partial charge on any atom is -0.508 e. The molecule has 22 heavy (non-hydrogen) atoms. The van der Waals surface area contributed by atoms with Gasteiger partial charge in [-0.25, -0.2) is 4.79 Å². The summed E-state index contributed by atoms with van der Waals surface area (Å²) in [4.78, 5) is 25.7. The molecule has 1 aliphatic rings.